The van der Waals surface area contributed by atoms with Crippen molar-refractivity contribution in [3.63, 3.8) is 0 Å². The van der Waals surface area contributed by atoms with Gasteiger partial charge in [0.15, 0.2) is 0 Å². The molecule has 0 aromatic carbocycles. The van der Waals surface area contributed by atoms with Gasteiger partial charge in [0.25, 0.3) is 0 Å². The first kappa shape index (κ1) is 11.0. The van der Waals surface area contributed by atoms with Gasteiger partial charge in [0.1, 0.15) is 0 Å². The number of nitrogens with one attached hydrogen (secondary N) is 1. The third-order valence-electron chi connectivity index (χ3n) is 2.51. The minimum Gasteiger partial charge on any atom is -0.481 e. The van der Waals surface area contributed by atoms with Crippen molar-refractivity contribution in [3.8, 4) is 0 Å². The van der Waals surface area contributed by atoms with Crippen LogP contribution in [0.3, 0.4) is 0 Å². The lowest BCUT2D eigenvalue weighted by atomic mass is 10.2. The second-order valence-electron chi connectivity index (χ2n) is 3.72. The van der Waals surface area contributed by atoms with Gasteiger partial charge in [0, 0.05) is 6.04 Å². The highest BCUT2D eigenvalue weighted by Crippen LogP contribution is 2.32. The van der Waals surface area contributed by atoms with Crippen molar-refractivity contribution in [3.05, 3.63) is 0 Å². The molecule has 5 heteroatoms. The highest BCUT2D eigenvalue weighted by Gasteiger charge is 2.37. The van der Waals surface area contributed by atoms with Crippen LogP contribution in [0.2, 0.25) is 0 Å². The van der Waals surface area contributed by atoms with Gasteiger partial charge in [-0.05, 0) is 12.3 Å². The Kier molecular flexibility index (Phi) is 3.46. The summed E-state index contributed by atoms with van der Waals surface area (Å²) in [6.45, 7) is 2.06. The molecule has 1 fully saturated rings. The predicted octanol–water partition coefficient (Wildman–Crippen LogP) is -0.297. The number of carbonyl (C=O) groups is 2. The minimum atomic E-state index is -1.05. The van der Waals surface area contributed by atoms with Crippen LogP contribution in [0.1, 0.15) is 26.2 Å². The van der Waals surface area contributed by atoms with E-state index in [-0.39, 0.29) is 18.4 Å². The van der Waals surface area contributed by atoms with Crippen molar-refractivity contribution in [2.24, 2.45) is 11.7 Å². The molecule has 14 heavy (non-hydrogen) atoms. The first-order chi connectivity index (χ1) is 6.54. The molecule has 3 atom stereocenters. The van der Waals surface area contributed by atoms with E-state index in [1.54, 1.807) is 0 Å². The molecule has 0 heterocycles. The maximum Gasteiger partial charge on any atom is 0.305 e. The molecule has 5 nitrogen and oxygen atoms in total. The number of nitrogens with two attached hydrogens (primary N) is 1. The van der Waals surface area contributed by atoms with Crippen molar-refractivity contribution >= 4 is 11.9 Å². The second kappa shape index (κ2) is 4.41. The van der Waals surface area contributed by atoms with E-state index in [9.17, 15) is 9.59 Å². The first-order valence-electron chi connectivity index (χ1n) is 4.82. The van der Waals surface area contributed by atoms with E-state index in [0.29, 0.717) is 5.92 Å². The van der Waals surface area contributed by atoms with E-state index in [1.165, 1.54) is 0 Å². The number of amides is 1. The van der Waals surface area contributed by atoms with E-state index in [1.807, 2.05) is 0 Å². The average molecular weight is 200 g/mol. The van der Waals surface area contributed by atoms with E-state index >= 15 is 0 Å². The van der Waals surface area contributed by atoms with Crippen molar-refractivity contribution in [1.82, 2.24) is 5.32 Å². The lowest BCUT2D eigenvalue weighted by Gasteiger charge is -2.09. The molecular formula is C9H16N2O3. The lowest BCUT2D eigenvalue weighted by Crippen LogP contribution is -2.43. The first-order valence-corrected chi connectivity index (χ1v) is 4.82. The van der Waals surface area contributed by atoms with Crippen LogP contribution in [0, 0.1) is 5.92 Å². The molecule has 0 saturated heterocycles. The fourth-order valence-electron chi connectivity index (χ4n) is 1.45. The zero-order valence-electron chi connectivity index (χ0n) is 8.19. The summed E-state index contributed by atoms with van der Waals surface area (Å²) >= 11 is 0. The van der Waals surface area contributed by atoms with Gasteiger partial charge >= 0.3 is 5.97 Å². The van der Waals surface area contributed by atoms with Crippen molar-refractivity contribution in [1.29, 1.82) is 0 Å². The molecule has 0 aromatic heterocycles. The Morgan fingerprint density at radius 3 is 2.71 bits per heavy atom. The summed E-state index contributed by atoms with van der Waals surface area (Å²) in [5.74, 6) is -0.847. The Morgan fingerprint density at radius 2 is 2.29 bits per heavy atom. The molecule has 1 saturated carbocycles. The number of hydrogen-bond acceptors (Lipinski definition) is 3. The van der Waals surface area contributed by atoms with E-state index in [2.05, 4.69) is 12.2 Å². The summed E-state index contributed by atoms with van der Waals surface area (Å²) in [6, 6.07) is -0.710. The number of carbonyl (C=O) groups excluding carboxylic acids is 1. The van der Waals surface area contributed by atoms with Crippen LogP contribution in [0.25, 0.3) is 0 Å². The van der Waals surface area contributed by atoms with Crippen LogP contribution in [0.15, 0.2) is 0 Å². The van der Waals surface area contributed by atoms with Gasteiger partial charge in [0.05, 0.1) is 12.5 Å². The monoisotopic (exact) mass is 200 g/mol. The molecule has 0 radical (unpaired) electrons. The molecule has 0 spiro atoms. The summed E-state index contributed by atoms with van der Waals surface area (Å²) in [4.78, 5) is 21.6. The zero-order valence-corrected chi connectivity index (χ0v) is 8.19. The standard InChI is InChI=1S/C9H16N2O3/c1-2-5-3-7(5)11-9(14)6(10)4-8(12)13/h5-7H,2-4,10H2,1H3,(H,11,14)(H,12,13). The molecule has 0 bridgehead atoms. The molecule has 1 aliphatic rings. The van der Waals surface area contributed by atoms with Crippen LogP contribution in [-0.4, -0.2) is 29.1 Å². The Hall–Kier alpha value is -1.10. The molecule has 0 aliphatic heterocycles. The van der Waals surface area contributed by atoms with Crippen molar-refractivity contribution in [2.45, 2.75) is 38.3 Å². The van der Waals surface area contributed by atoms with Crippen LogP contribution < -0.4 is 11.1 Å². The Bertz CT molecular complexity index is 242. The van der Waals surface area contributed by atoms with Gasteiger partial charge in [-0.25, -0.2) is 0 Å². The largest absolute Gasteiger partial charge is 0.481 e. The SMILES string of the molecule is CCC1CC1NC(=O)C(N)CC(=O)O. The van der Waals surface area contributed by atoms with Crippen LogP contribution in [-0.2, 0) is 9.59 Å². The van der Waals surface area contributed by atoms with Crippen LogP contribution >= 0.6 is 0 Å². The van der Waals surface area contributed by atoms with Gasteiger partial charge in [-0.3, -0.25) is 9.59 Å². The highest BCUT2D eigenvalue weighted by molar-refractivity contribution is 5.86. The molecule has 4 N–H and O–H groups in total. The number of carboxylic acids is 1. The summed E-state index contributed by atoms with van der Waals surface area (Å²) in [6.07, 6.45) is 1.72. The molecule has 3 unspecified atom stereocenters. The number of rotatable bonds is 5. The fraction of sp³-hybridized carbons (Fsp3) is 0.778. The Morgan fingerprint density at radius 1 is 1.64 bits per heavy atom. The quantitative estimate of drug-likeness (QED) is 0.568. The maximum absolute atomic E-state index is 11.3. The summed E-state index contributed by atoms with van der Waals surface area (Å²) in [5, 5.41) is 11.2. The molecule has 80 valence electrons. The maximum atomic E-state index is 11.3. The van der Waals surface area contributed by atoms with Gasteiger partial charge < -0.3 is 16.2 Å². The van der Waals surface area contributed by atoms with E-state index in [0.717, 1.165) is 12.8 Å². The Labute approximate surface area is 82.7 Å². The number of aliphatic carboxylic acids is 1. The smallest absolute Gasteiger partial charge is 0.305 e. The van der Waals surface area contributed by atoms with Crippen LogP contribution in [0.5, 0.6) is 0 Å². The van der Waals surface area contributed by atoms with Gasteiger partial charge in [0.2, 0.25) is 5.91 Å². The topological polar surface area (TPSA) is 92.4 Å². The molecule has 1 amide bonds. The fourth-order valence-corrected chi connectivity index (χ4v) is 1.45. The summed E-state index contributed by atoms with van der Waals surface area (Å²) in [5.41, 5.74) is 5.39. The normalized spacial score (nSPS) is 26.7. The third-order valence-corrected chi connectivity index (χ3v) is 2.51. The van der Waals surface area contributed by atoms with Gasteiger partial charge in [-0.15, -0.1) is 0 Å². The van der Waals surface area contributed by atoms with Crippen LogP contribution in [0.4, 0.5) is 0 Å². The zero-order chi connectivity index (χ0) is 10.7. The molecule has 1 aliphatic carbocycles. The van der Waals surface area contributed by atoms with Crippen molar-refractivity contribution in [2.75, 3.05) is 0 Å². The third kappa shape index (κ3) is 2.99. The van der Waals surface area contributed by atoms with Crippen molar-refractivity contribution < 1.29 is 14.7 Å². The predicted molar refractivity (Wildman–Crippen MR) is 50.6 cm³/mol. The minimum absolute atomic E-state index is 0.215. The lowest BCUT2D eigenvalue weighted by molar-refractivity contribution is -0.139. The van der Waals surface area contributed by atoms with Gasteiger partial charge in [-0.2, -0.15) is 0 Å². The molecule has 0 aromatic rings. The molecule has 1 rings (SSSR count). The number of hydrogen-bond donors (Lipinski definition) is 3. The van der Waals surface area contributed by atoms with E-state index in [4.69, 9.17) is 10.8 Å². The second-order valence-corrected chi connectivity index (χ2v) is 3.72. The average Bonchev–Trinajstić information content (AvgIpc) is 2.82. The summed E-state index contributed by atoms with van der Waals surface area (Å²) in [7, 11) is 0. The molecular weight excluding hydrogens is 184 g/mol. The highest BCUT2D eigenvalue weighted by atomic mass is 16.4. The Balaban J connectivity index is 2.25. The number of carboxylic acid groups (broad SMARTS) is 1. The van der Waals surface area contributed by atoms with Gasteiger partial charge in [-0.1, -0.05) is 13.3 Å². The summed E-state index contributed by atoms with van der Waals surface area (Å²) < 4.78 is 0. The van der Waals surface area contributed by atoms with E-state index < -0.39 is 12.0 Å².